The van der Waals surface area contributed by atoms with Crippen molar-refractivity contribution in [1.29, 1.82) is 0 Å². The lowest BCUT2D eigenvalue weighted by Crippen LogP contribution is -2.35. The van der Waals surface area contributed by atoms with Gasteiger partial charge in [-0.3, -0.25) is 0 Å². The van der Waals surface area contributed by atoms with Gasteiger partial charge in [0.15, 0.2) is 11.6 Å². The first kappa shape index (κ1) is 15.9. The summed E-state index contributed by atoms with van der Waals surface area (Å²) in [5.41, 5.74) is 0.419. The fraction of sp³-hybridized carbons (Fsp3) is 0.533. The molecule has 0 fully saturated rings. The van der Waals surface area contributed by atoms with Crippen LogP contribution in [0.4, 0.5) is 10.1 Å². The Balaban J connectivity index is 2.45. The van der Waals surface area contributed by atoms with Crippen LogP contribution in [0.2, 0.25) is 5.02 Å². The molecule has 0 N–H and O–H groups in total. The van der Waals surface area contributed by atoms with Gasteiger partial charge in [-0.15, -0.1) is 0 Å². The minimum atomic E-state index is -0.798. The number of esters is 1. The van der Waals surface area contributed by atoms with Gasteiger partial charge in [0.05, 0.1) is 24.4 Å². The van der Waals surface area contributed by atoms with Crippen LogP contribution in [-0.2, 0) is 4.74 Å². The van der Waals surface area contributed by atoms with Crippen LogP contribution in [0, 0.1) is 11.7 Å². The predicted octanol–water partition coefficient (Wildman–Crippen LogP) is 3.51. The summed E-state index contributed by atoms with van der Waals surface area (Å²) in [4.78, 5) is 13.9. The van der Waals surface area contributed by atoms with Crippen molar-refractivity contribution in [3.63, 3.8) is 0 Å². The van der Waals surface area contributed by atoms with Crippen molar-refractivity contribution in [1.82, 2.24) is 0 Å². The van der Waals surface area contributed by atoms with Crippen LogP contribution < -0.4 is 9.64 Å². The van der Waals surface area contributed by atoms with Crippen LogP contribution in [0.15, 0.2) is 6.07 Å². The number of nitrogens with zero attached hydrogens (tertiary/aromatic N) is 1. The Morgan fingerprint density at radius 3 is 2.90 bits per heavy atom. The summed E-state index contributed by atoms with van der Waals surface area (Å²) in [6.45, 7) is 6.16. The third kappa shape index (κ3) is 3.23. The molecule has 21 heavy (non-hydrogen) atoms. The van der Waals surface area contributed by atoms with Crippen molar-refractivity contribution in [3.05, 3.63) is 22.5 Å². The average Bonchev–Trinajstić information content (AvgIpc) is 2.45. The van der Waals surface area contributed by atoms with Crippen LogP contribution >= 0.6 is 11.6 Å². The summed E-state index contributed by atoms with van der Waals surface area (Å²) in [6.07, 6.45) is 0.988. The Labute approximate surface area is 128 Å². The average molecular weight is 316 g/mol. The van der Waals surface area contributed by atoms with E-state index in [1.54, 1.807) is 0 Å². The van der Waals surface area contributed by atoms with E-state index in [0.717, 1.165) is 13.0 Å². The smallest absolute Gasteiger partial charge is 0.344 e. The second-order valence-corrected chi connectivity index (χ2v) is 5.81. The second-order valence-electron chi connectivity index (χ2n) is 5.41. The van der Waals surface area contributed by atoms with Crippen LogP contribution in [-0.4, -0.2) is 32.8 Å². The third-order valence-electron chi connectivity index (χ3n) is 3.47. The number of carbonyl (C=O) groups excluding carboxylic acids is 1. The monoisotopic (exact) mass is 315 g/mol. The maximum Gasteiger partial charge on any atom is 0.344 e. The second kappa shape index (κ2) is 6.52. The number of halogens is 2. The van der Waals surface area contributed by atoms with E-state index in [0.29, 0.717) is 24.8 Å². The van der Waals surface area contributed by atoms with Crippen LogP contribution in [0.5, 0.6) is 5.75 Å². The number of ether oxygens (including phenoxy) is 2. The molecule has 0 amide bonds. The molecule has 0 aliphatic carbocycles. The molecule has 0 bridgehead atoms. The van der Waals surface area contributed by atoms with Crippen LogP contribution in [0.1, 0.15) is 30.6 Å². The van der Waals surface area contributed by atoms with Crippen molar-refractivity contribution in [3.8, 4) is 5.75 Å². The Kier molecular flexibility index (Phi) is 4.93. The third-order valence-corrected chi connectivity index (χ3v) is 3.74. The number of benzene rings is 1. The zero-order chi connectivity index (χ0) is 15.6. The molecular weight excluding hydrogens is 297 g/mol. The molecule has 0 saturated carbocycles. The standard InChI is InChI=1S/C15H19ClFNO3/c1-9(2)4-5-18-6-7-21-14-11(18)8-10(16)13(17)12(14)15(19)20-3/h8-9H,4-7H2,1-3H3. The van der Waals surface area contributed by atoms with E-state index in [9.17, 15) is 9.18 Å². The van der Waals surface area contributed by atoms with Crippen molar-refractivity contribution in [2.45, 2.75) is 20.3 Å². The van der Waals surface area contributed by atoms with E-state index in [1.807, 2.05) is 0 Å². The SMILES string of the molecule is COC(=O)c1c(F)c(Cl)cc2c1OCCN2CCC(C)C. The molecule has 1 heterocycles. The first-order chi connectivity index (χ1) is 9.95. The number of methoxy groups -OCH3 is 1. The Morgan fingerprint density at radius 2 is 2.29 bits per heavy atom. The van der Waals surface area contributed by atoms with Crippen LogP contribution in [0.25, 0.3) is 0 Å². The van der Waals surface area contributed by atoms with E-state index in [1.165, 1.54) is 13.2 Å². The summed E-state index contributed by atoms with van der Waals surface area (Å²) in [7, 11) is 1.20. The van der Waals surface area contributed by atoms with Gasteiger partial charge >= 0.3 is 5.97 Å². The molecule has 116 valence electrons. The summed E-state index contributed by atoms with van der Waals surface area (Å²) in [6, 6.07) is 1.51. The molecule has 1 aliphatic rings. The molecule has 2 rings (SSSR count). The largest absolute Gasteiger partial charge is 0.489 e. The number of carbonyl (C=O) groups is 1. The summed E-state index contributed by atoms with van der Waals surface area (Å²) >= 11 is 5.91. The van der Waals surface area contributed by atoms with Gasteiger partial charge in [0.1, 0.15) is 12.2 Å². The maximum absolute atomic E-state index is 14.1. The first-order valence-electron chi connectivity index (χ1n) is 6.93. The van der Waals surface area contributed by atoms with Gasteiger partial charge in [-0.2, -0.15) is 0 Å². The molecule has 0 atom stereocenters. The molecule has 0 saturated heterocycles. The van der Waals surface area contributed by atoms with Gasteiger partial charge < -0.3 is 14.4 Å². The van der Waals surface area contributed by atoms with Crippen molar-refractivity contribution in [2.24, 2.45) is 5.92 Å². The summed E-state index contributed by atoms with van der Waals surface area (Å²) in [5, 5.41) is -0.103. The maximum atomic E-state index is 14.1. The zero-order valence-corrected chi connectivity index (χ0v) is 13.2. The lowest BCUT2D eigenvalue weighted by atomic mass is 10.1. The minimum Gasteiger partial charge on any atom is -0.489 e. The minimum absolute atomic E-state index is 0.103. The molecule has 1 aromatic carbocycles. The Hall–Kier alpha value is -1.49. The lowest BCUT2D eigenvalue weighted by Gasteiger charge is -2.33. The highest BCUT2D eigenvalue weighted by atomic mass is 35.5. The van der Waals surface area contributed by atoms with Crippen molar-refractivity contribution >= 4 is 23.3 Å². The van der Waals surface area contributed by atoms with Gasteiger partial charge in [0.25, 0.3) is 0 Å². The molecular formula is C15H19ClFNO3. The molecule has 0 unspecified atom stereocenters. The van der Waals surface area contributed by atoms with E-state index in [-0.39, 0.29) is 16.3 Å². The predicted molar refractivity (Wildman–Crippen MR) is 79.9 cm³/mol. The fourth-order valence-corrected chi connectivity index (χ4v) is 2.48. The highest BCUT2D eigenvalue weighted by Crippen LogP contribution is 2.40. The summed E-state index contributed by atoms with van der Waals surface area (Å²) in [5.74, 6) is -0.809. The van der Waals surface area contributed by atoms with Crippen molar-refractivity contribution < 1.29 is 18.7 Å². The molecule has 0 aromatic heterocycles. The lowest BCUT2D eigenvalue weighted by molar-refractivity contribution is 0.0590. The van der Waals surface area contributed by atoms with E-state index in [4.69, 9.17) is 16.3 Å². The Morgan fingerprint density at radius 1 is 1.57 bits per heavy atom. The molecule has 0 spiro atoms. The van der Waals surface area contributed by atoms with Gasteiger partial charge in [-0.25, -0.2) is 9.18 Å². The number of fused-ring (bicyclic) bond motifs is 1. The number of hydrogen-bond acceptors (Lipinski definition) is 4. The van der Waals surface area contributed by atoms with Gasteiger partial charge in [0.2, 0.25) is 0 Å². The Bertz CT molecular complexity index is 548. The highest BCUT2D eigenvalue weighted by molar-refractivity contribution is 6.31. The molecule has 1 aromatic rings. The highest BCUT2D eigenvalue weighted by Gasteiger charge is 2.30. The fourth-order valence-electron chi connectivity index (χ4n) is 2.29. The molecule has 6 heteroatoms. The van der Waals surface area contributed by atoms with Gasteiger partial charge in [-0.1, -0.05) is 25.4 Å². The van der Waals surface area contributed by atoms with Gasteiger partial charge in [-0.05, 0) is 18.4 Å². The number of hydrogen-bond donors (Lipinski definition) is 0. The number of anilines is 1. The normalized spacial score (nSPS) is 13.9. The number of rotatable bonds is 4. The van der Waals surface area contributed by atoms with E-state index < -0.39 is 11.8 Å². The van der Waals surface area contributed by atoms with Crippen LogP contribution in [0.3, 0.4) is 0 Å². The van der Waals surface area contributed by atoms with E-state index in [2.05, 4.69) is 23.5 Å². The zero-order valence-electron chi connectivity index (χ0n) is 12.4. The molecule has 4 nitrogen and oxygen atoms in total. The molecule has 0 radical (unpaired) electrons. The van der Waals surface area contributed by atoms with Gasteiger partial charge in [0, 0.05) is 6.54 Å². The summed E-state index contributed by atoms with van der Waals surface area (Å²) < 4.78 is 24.3. The molecule has 1 aliphatic heterocycles. The van der Waals surface area contributed by atoms with E-state index >= 15 is 0 Å². The first-order valence-corrected chi connectivity index (χ1v) is 7.31. The quantitative estimate of drug-likeness (QED) is 0.797. The topological polar surface area (TPSA) is 38.8 Å². The van der Waals surface area contributed by atoms with Crippen molar-refractivity contribution in [2.75, 3.05) is 31.7 Å².